The second kappa shape index (κ2) is 7.68. The Balaban J connectivity index is 2.04. The summed E-state index contributed by atoms with van der Waals surface area (Å²) in [5, 5.41) is 0. The van der Waals surface area contributed by atoms with Gasteiger partial charge in [-0.05, 0) is 54.2 Å². The first-order chi connectivity index (χ1) is 11.3. The summed E-state index contributed by atoms with van der Waals surface area (Å²) in [5.74, 6) is 1.77. The highest BCUT2D eigenvalue weighted by Gasteiger charge is 2.11. The maximum atomic E-state index is 11.1. The molecule has 130 valence electrons. The van der Waals surface area contributed by atoms with Crippen molar-refractivity contribution in [1.82, 2.24) is 0 Å². The molecule has 1 N–H and O–H groups in total. The van der Waals surface area contributed by atoms with Crippen molar-refractivity contribution in [3.05, 3.63) is 53.6 Å². The molecule has 0 aliphatic carbocycles. The van der Waals surface area contributed by atoms with Gasteiger partial charge in [-0.1, -0.05) is 25.1 Å². The van der Waals surface area contributed by atoms with E-state index in [9.17, 15) is 8.42 Å². The number of hydrogen-bond acceptors (Lipinski definition) is 4. The highest BCUT2D eigenvalue weighted by atomic mass is 32.2. The van der Waals surface area contributed by atoms with Gasteiger partial charge in [0, 0.05) is 0 Å². The average Bonchev–Trinajstić information content (AvgIpc) is 2.54. The third-order valence-corrected chi connectivity index (χ3v) is 4.71. The first kappa shape index (κ1) is 18.3. The SMILES string of the molecule is COc1ccc(C[C@@H](C)Cc2ccc(S(=O)(=O)O)cc2)cc1OC. The van der Waals surface area contributed by atoms with Crippen LogP contribution >= 0.6 is 0 Å². The van der Waals surface area contributed by atoms with Gasteiger partial charge in [0.05, 0.1) is 19.1 Å². The summed E-state index contributed by atoms with van der Waals surface area (Å²) >= 11 is 0. The maximum absolute atomic E-state index is 11.1. The van der Waals surface area contributed by atoms with Gasteiger partial charge in [0.25, 0.3) is 10.1 Å². The number of rotatable bonds is 7. The number of hydrogen-bond donors (Lipinski definition) is 1. The minimum atomic E-state index is -4.14. The third kappa shape index (κ3) is 4.72. The molecule has 24 heavy (non-hydrogen) atoms. The van der Waals surface area contributed by atoms with Gasteiger partial charge in [-0.25, -0.2) is 0 Å². The third-order valence-electron chi connectivity index (χ3n) is 3.84. The summed E-state index contributed by atoms with van der Waals surface area (Å²) in [4.78, 5) is -0.0845. The van der Waals surface area contributed by atoms with Gasteiger partial charge in [-0.3, -0.25) is 4.55 Å². The fraction of sp³-hybridized carbons (Fsp3) is 0.333. The molecule has 5 nitrogen and oxygen atoms in total. The second-order valence-corrected chi connectivity index (χ2v) is 7.24. The zero-order chi connectivity index (χ0) is 17.7. The minimum absolute atomic E-state index is 0.0845. The molecule has 0 aromatic heterocycles. The smallest absolute Gasteiger partial charge is 0.294 e. The lowest BCUT2D eigenvalue weighted by atomic mass is 9.94. The highest BCUT2D eigenvalue weighted by molar-refractivity contribution is 7.85. The van der Waals surface area contributed by atoms with E-state index in [0.29, 0.717) is 17.4 Å². The first-order valence-electron chi connectivity index (χ1n) is 7.61. The fourth-order valence-corrected chi connectivity index (χ4v) is 3.16. The lowest BCUT2D eigenvalue weighted by Crippen LogP contribution is -2.05. The Morgan fingerprint density at radius 2 is 1.46 bits per heavy atom. The molecule has 0 radical (unpaired) electrons. The normalized spacial score (nSPS) is 12.7. The molecule has 0 aliphatic heterocycles. The quantitative estimate of drug-likeness (QED) is 0.775. The molecule has 6 heteroatoms. The van der Waals surface area contributed by atoms with Crippen molar-refractivity contribution in [1.29, 1.82) is 0 Å². The summed E-state index contributed by atoms with van der Waals surface area (Å²) in [5.41, 5.74) is 2.17. The molecule has 1 atom stereocenters. The maximum Gasteiger partial charge on any atom is 0.294 e. The van der Waals surface area contributed by atoms with E-state index in [1.807, 2.05) is 18.2 Å². The van der Waals surface area contributed by atoms with E-state index >= 15 is 0 Å². The summed E-state index contributed by atoms with van der Waals surface area (Å²) in [6.45, 7) is 2.13. The molecule has 0 saturated heterocycles. The predicted octanol–water partition coefficient (Wildman–Crippen LogP) is 3.37. The van der Waals surface area contributed by atoms with Crippen LogP contribution in [-0.2, 0) is 23.0 Å². The van der Waals surface area contributed by atoms with Gasteiger partial charge in [-0.2, -0.15) is 8.42 Å². The van der Waals surface area contributed by atoms with Crippen molar-refractivity contribution in [3.8, 4) is 11.5 Å². The molecule has 2 rings (SSSR count). The lowest BCUT2D eigenvalue weighted by molar-refractivity contribution is 0.354. The Morgan fingerprint density at radius 3 is 2.00 bits per heavy atom. The molecule has 0 spiro atoms. The Kier molecular flexibility index (Phi) is 5.85. The molecule has 0 saturated carbocycles. The zero-order valence-electron chi connectivity index (χ0n) is 14.0. The number of methoxy groups -OCH3 is 2. The summed E-state index contributed by atoms with van der Waals surface area (Å²) in [6, 6.07) is 12.2. The lowest BCUT2D eigenvalue weighted by Gasteiger charge is -2.14. The molecule has 0 unspecified atom stereocenters. The minimum Gasteiger partial charge on any atom is -0.493 e. The number of ether oxygens (including phenoxy) is 2. The van der Waals surface area contributed by atoms with E-state index in [-0.39, 0.29) is 4.90 Å². The Bertz CT molecular complexity index is 782. The first-order valence-corrected chi connectivity index (χ1v) is 9.05. The van der Waals surface area contributed by atoms with Crippen molar-refractivity contribution in [2.45, 2.75) is 24.7 Å². The van der Waals surface area contributed by atoms with Gasteiger partial charge >= 0.3 is 0 Å². The van der Waals surface area contributed by atoms with Crippen LogP contribution in [0.2, 0.25) is 0 Å². The van der Waals surface area contributed by atoms with Crippen LogP contribution in [0.1, 0.15) is 18.1 Å². The Labute approximate surface area is 143 Å². The van der Waals surface area contributed by atoms with E-state index in [4.69, 9.17) is 14.0 Å². The van der Waals surface area contributed by atoms with Crippen LogP contribution < -0.4 is 9.47 Å². The zero-order valence-corrected chi connectivity index (χ0v) is 14.8. The van der Waals surface area contributed by atoms with Crippen molar-refractivity contribution in [2.75, 3.05) is 14.2 Å². The topological polar surface area (TPSA) is 72.8 Å². The Morgan fingerprint density at radius 1 is 0.917 bits per heavy atom. The monoisotopic (exact) mass is 350 g/mol. The molecule has 0 bridgehead atoms. The van der Waals surface area contributed by atoms with Gasteiger partial charge in [0.2, 0.25) is 0 Å². The van der Waals surface area contributed by atoms with E-state index in [1.165, 1.54) is 12.1 Å². The van der Waals surface area contributed by atoms with Crippen LogP contribution in [-0.4, -0.2) is 27.2 Å². The van der Waals surface area contributed by atoms with Crippen LogP contribution in [0.5, 0.6) is 11.5 Å². The molecular formula is C18H22O5S. The van der Waals surface area contributed by atoms with Crippen LogP contribution in [0.15, 0.2) is 47.4 Å². The standard InChI is InChI=1S/C18H22O5S/c1-13(10-14-4-7-16(8-5-14)24(19,20)21)11-15-6-9-17(22-2)18(12-15)23-3/h4-9,12-13H,10-11H2,1-3H3,(H,19,20,21)/t13-/m0/s1. The molecule has 0 aliphatic rings. The van der Waals surface area contributed by atoms with E-state index in [2.05, 4.69) is 6.92 Å². The number of benzene rings is 2. The largest absolute Gasteiger partial charge is 0.493 e. The molecule has 2 aromatic rings. The van der Waals surface area contributed by atoms with Gasteiger partial charge in [-0.15, -0.1) is 0 Å². The van der Waals surface area contributed by atoms with Crippen molar-refractivity contribution in [3.63, 3.8) is 0 Å². The summed E-state index contributed by atoms with van der Waals surface area (Å²) in [7, 11) is -0.916. The molecular weight excluding hydrogens is 328 g/mol. The van der Waals surface area contributed by atoms with E-state index in [0.717, 1.165) is 24.0 Å². The van der Waals surface area contributed by atoms with Crippen molar-refractivity contribution in [2.24, 2.45) is 5.92 Å². The van der Waals surface area contributed by atoms with Crippen molar-refractivity contribution < 1.29 is 22.4 Å². The Hall–Kier alpha value is -2.05. The van der Waals surface area contributed by atoms with Crippen LogP contribution in [0.3, 0.4) is 0 Å². The van der Waals surface area contributed by atoms with E-state index in [1.54, 1.807) is 26.4 Å². The van der Waals surface area contributed by atoms with Crippen LogP contribution in [0.25, 0.3) is 0 Å². The second-order valence-electron chi connectivity index (χ2n) is 5.82. The fourth-order valence-electron chi connectivity index (χ4n) is 2.68. The summed E-state index contributed by atoms with van der Waals surface area (Å²) in [6.07, 6.45) is 1.67. The van der Waals surface area contributed by atoms with Gasteiger partial charge < -0.3 is 9.47 Å². The molecule has 0 heterocycles. The predicted molar refractivity (Wildman–Crippen MR) is 92.4 cm³/mol. The van der Waals surface area contributed by atoms with Crippen LogP contribution in [0.4, 0.5) is 0 Å². The van der Waals surface area contributed by atoms with Gasteiger partial charge in [0.15, 0.2) is 11.5 Å². The van der Waals surface area contributed by atoms with Gasteiger partial charge in [0.1, 0.15) is 0 Å². The molecule has 0 amide bonds. The van der Waals surface area contributed by atoms with Crippen molar-refractivity contribution >= 4 is 10.1 Å². The molecule has 2 aromatic carbocycles. The highest BCUT2D eigenvalue weighted by Crippen LogP contribution is 2.29. The van der Waals surface area contributed by atoms with Crippen LogP contribution in [0, 0.1) is 5.92 Å². The summed E-state index contributed by atoms with van der Waals surface area (Å²) < 4.78 is 41.7. The van der Waals surface area contributed by atoms with E-state index < -0.39 is 10.1 Å². The average molecular weight is 350 g/mol. The molecule has 0 fully saturated rings.